The van der Waals surface area contributed by atoms with Crippen molar-refractivity contribution in [3.05, 3.63) is 24.3 Å². The van der Waals surface area contributed by atoms with Crippen molar-refractivity contribution in [2.24, 2.45) is 0 Å². The number of aromatic nitrogens is 3. The average molecular weight is 273 g/mol. The minimum atomic E-state index is 0.248. The molecule has 0 amide bonds. The maximum Gasteiger partial charge on any atom is 0.245 e. The van der Waals surface area contributed by atoms with Gasteiger partial charge in [-0.2, -0.15) is 4.98 Å². The number of phenolic OH excluding ortho intramolecular Hbond substituents is 1. The Kier molecular flexibility index (Phi) is 3.31. The topological polar surface area (TPSA) is 77.1 Å². The number of H-pyrrole nitrogens is 1. The second-order valence-corrected chi connectivity index (χ2v) is 5.40. The molecule has 1 aliphatic rings. The molecule has 0 aliphatic carbocycles. The predicted molar refractivity (Wildman–Crippen MR) is 77.8 cm³/mol. The zero-order valence-electron chi connectivity index (χ0n) is 11.7. The number of aromatic hydroxyl groups is 1. The summed E-state index contributed by atoms with van der Waals surface area (Å²) in [6.07, 6.45) is 0. The van der Waals surface area contributed by atoms with E-state index >= 15 is 0 Å². The summed E-state index contributed by atoms with van der Waals surface area (Å²) in [5, 5.41) is 20.1. The van der Waals surface area contributed by atoms with Crippen LogP contribution < -0.4 is 10.2 Å². The molecule has 1 saturated heterocycles. The van der Waals surface area contributed by atoms with E-state index in [1.54, 1.807) is 12.1 Å². The first-order chi connectivity index (χ1) is 9.61. The first kappa shape index (κ1) is 12.9. The SMILES string of the molecule is CC1CN(c2n[nH]c(-c3ccc(O)cc3)n2)CC(C)N1. The van der Waals surface area contributed by atoms with E-state index in [1.807, 2.05) is 12.1 Å². The highest BCUT2D eigenvalue weighted by molar-refractivity contribution is 5.57. The van der Waals surface area contributed by atoms with Gasteiger partial charge in [0.1, 0.15) is 5.75 Å². The lowest BCUT2D eigenvalue weighted by Crippen LogP contribution is -2.54. The van der Waals surface area contributed by atoms with Crippen LogP contribution in [0.3, 0.4) is 0 Å². The fourth-order valence-electron chi connectivity index (χ4n) is 2.63. The summed E-state index contributed by atoms with van der Waals surface area (Å²) in [7, 11) is 0. The van der Waals surface area contributed by atoms with Gasteiger partial charge in [-0.1, -0.05) is 0 Å². The molecular weight excluding hydrogens is 254 g/mol. The van der Waals surface area contributed by atoms with Gasteiger partial charge in [0.05, 0.1) is 0 Å². The molecule has 0 radical (unpaired) electrons. The summed E-state index contributed by atoms with van der Waals surface area (Å²) in [5.41, 5.74) is 0.915. The molecule has 3 rings (SSSR count). The van der Waals surface area contributed by atoms with E-state index in [0.717, 1.165) is 30.4 Å². The molecule has 2 heterocycles. The van der Waals surface area contributed by atoms with Gasteiger partial charge in [0.2, 0.25) is 5.95 Å². The van der Waals surface area contributed by atoms with Crippen LogP contribution in [0, 0.1) is 0 Å². The number of hydrogen-bond donors (Lipinski definition) is 3. The lowest BCUT2D eigenvalue weighted by atomic mass is 10.1. The van der Waals surface area contributed by atoms with Crippen LogP contribution >= 0.6 is 0 Å². The van der Waals surface area contributed by atoms with Gasteiger partial charge in [-0.3, -0.25) is 5.10 Å². The molecule has 1 aromatic carbocycles. The van der Waals surface area contributed by atoms with Crippen molar-refractivity contribution in [2.75, 3.05) is 18.0 Å². The third-order valence-electron chi connectivity index (χ3n) is 3.45. The summed E-state index contributed by atoms with van der Waals surface area (Å²) in [5.74, 6) is 1.70. The molecule has 0 spiro atoms. The number of rotatable bonds is 2. The van der Waals surface area contributed by atoms with Gasteiger partial charge >= 0.3 is 0 Å². The molecule has 3 N–H and O–H groups in total. The summed E-state index contributed by atoms with van der Waals surface area (Å²) >= 11 is 0. The number of piperazine rings is 1. The Balaban J connectivity index is 1.81. The van der Waals surface area contributed by atoms with Gasteiger partial charge in [0.25, 0.3) is 0 Å². The highest BCUT2D eigenvalue weighted by atomic mass is 16.3. The van der Waals surface area contributed by atoms with E-state index in [4.69, 9.17) is 0 Å². The quantitative estimate of drug-likeness (QED) is 0.770. The number of phenols is 1. The Morgan fingerprint density at radius 2 is 1.80 bits per heavy atom. The molecule has 2 atom stereocenters. The van der Waals surface area contributed by atoms with E-state index in [0.29, 0.717) is 12.1 Å². The van der Waals surface area contributed by atoms with Crippen LogP contribution in [-0.4, -0.2) is 45.5 Å². The first-order valence-electron chi connectivity index (χ1n) is 6.84. The molecular formula is C14H19N5O. The lowest BCUT2D eigenvalue weighted by molar-refractivity contribution is 0.403. The number of aromatic amines is 1. The minimum Gasteiger partial charge on any atom is -0.508 e. The fraction of sp³-hybridized carbons (Fsp3) is 0.429. The summed E-state index contributed by atoms with van der Waals surface area (Å²) in [4.78, 5) is 6.74. The fourth-order valence-corrected chi connectivity index (χ4v) is 2.63. The largest absolute Gasteiger partial charge is 0.508 e. The Morgan fingerprint density at radius 3 is 2.45 bits per heavy atom. The van der Waals surface area contributed by atoms with Gasteiger partial charge in [0.15, 0.2) is 5.82 Å². The van der Waals surface area contributed by atoms with Crippen LogP contribution in [0.5, 0.6) is 5.75 Å². The zero-order chi connectivity index (χ0) is 14.1. The smallest absolute Gasteiger partial charge is 0.245 e. The van der Waals surface area contributed by atoms with Crippen LogP contribution in [0.15, 0.2) is 24.3 Å². The van der Waals surface area contributed by atoms with Crippen LogP contribution in [0.4, 0.5) is 5.95 Å². The number of anilines is 1. The zero-order valence-corrected chi connectivity index (χ0v) is 11.7. The molecule has 0 bridgehead atoms. The number of nitrogens with zero attached hydrogens (tertiary/aromatic N) is 3. The highest BCUT2D eigenvalue weighted by Crippen LogP contribution is 2.21. The minimum absolute atomic E-state index is 0.248. The van der Waals surface area contributed by atoms with E-state index in [-0.39, 0.29) is 5.75 Å². The molecule has 0 saturated carbocycles. The molecule has 6 heteroatoms. The maximum atomic E-state index is 9.31. The van der Waals surface area contributed by atoms with Gasteiger partial charge in [-0.25, -0.2) is 0 Å². The second-order valence-electron chi connectivity index (χ2n) is 5.40. The molecule has 2 unspecified atom stereocenters. The van der Waals surface area contributed by atoms with Crippen molar-refractivity contribution in [3.8, 4) is 17.1 Å². The molecule has 1 aliphatic heterocycles. The van der Waals surface area contributed by atoms with Crippen molar-refractivity contribution in [1.29, 1.82) is 0 Å². The average Bonchev–Trinajstić information content (AvgIpc) is 2.88. The Hall–Kier alpha value is -2.08. The molecule has 106 valence electrons. The summed E-state index contributed by atoms with van der Waals surface area (Å²) < 4.78 is 0. The Labute approximate surface area is 117 Å². The molecule has 6 nitrogen and oxygen atoms in total. The van der Waals surface area contributed by atoms with Gasteiger partial charge in [0, 0.05) is 30.7 Å². The maximum absolute atomic E-state index is 9.31. The normalized spacial score (nSPS) is 23.0. The summed E-state index contributed by atoms with van der Waals surface area (Å²) in [6, 6.07) is 7.79. The van der Waals surface area contributed by atoms with E-state index in [2.05, 4.69) is 39.2 Å². The number of benzene rings is 1. The van der Waals surface area contributed by atoms with Gasteiger partial charge < -0.3 is 15.3 Å². The van der Waals surface area contributed by atoms with Crippen LogP contribution in [0.25, 0.3) is 11.4 Å². The molecule has 1 fully saturated rings. The standard InChI is InChI=1S/C14H19N5O/c1-9-7-19(8-10(2)15-9)14-16-13(17-18-14)11-3-5-12(20)6-4-11/h3-6,9-10,15,20H,7-8H2,1-2H3,(H,16,17,18). The van der Waals surface area contributed by atoms with Crippen LogP contribution in [0.1, 0.15) is 13.8 Å². The molecule has 1 aromatic heterocycles. The van der Waals surface area contributed by atoms with Crippen molar-refractivity contribution in [1.82, 2.24) is 20.5 Å². The highest BCUT2D eigenvalue weighted by Gasteiger charge is 2.23. The third kappa shape index (κ3) is 2.60. The van der Waals surface area contributed by atoms with Crippen LogP contribution in [-0.2, 0) is 0 Å². The third-order valence-corrected chi connectivity index (χ3v) is 3.45. The van der Waals surface area contributed by atoms with Crippen molar-refractivity contribution in [3.63, 3.8) is 0 Å². The van der Waals surface area contributed by atoms with E-state index in [1.165, 1.54) is 0 Å². The summed E-state index contributed by atoms with van der Waals surface area (Å²) in [6.45, 7) is 6.13. The van der Waals surface area contributed by atoms with Crippen LogP contribution in [0.2, 0.25) is 0 Å². The van der Waals surface area contributed by atoms with Crippen molar-refractivity contribution < 1.29 is 5.11 Å². The lowest BCUT2D eigenvalue weighted by Gasteiger charge is -2.35. The predicted octanol–water partition coefficient (Wildman–Crippen LogP) is 1.36. The Morgan fingerprint density at radius 1 is 1.15 bits per heavy atom. The number of nitrogens with one attached hydrogen (secondary N) is 2. The molecule has 2 aromatic rings. The second kappa shape index (κ2) is 5.13. The van der Waals surface area contributed by atoms with E-state index < -0.39 is 0 Å². The molecule has 20 heavy (non-hydrogen) atoms. The van der Waals surface area contributed by atoms with Crippen molar-refractivity contribution in [2.45, 2.75) is 25.9 Å². The van der Waals surface area contributed by atoms with E-state index in [9.17, 15) is 5.11 Å². The first-order valence-corrected chi connectivity index (χ1v) is 6.84. The Bertz CT molecular complexity index is 570. The van der Waals surface area contributed by atoms with Gasteiger partial charge in [-0.15, -0.1) is 5.10 Å². The number of hydrogen-bond acceptors (Lipinski definition) is 5. The van der Waals surface area contributed by atoms with Gasteiger partial charge in [-0.05, 0) is 38.1 Å². The monoisotopic (exact) mass is 273 g/mol. The van der Waals surface area contributed by atoms with Crippen molar-refractivity contribution >= 4 is 5.95 Å².